The summed E-state index contributed by atoms with van der Waals surface area (Å²) in [6.07, 6.45) is 1.67. The van der Waals surface area contributed by atoms with E-state index in [9.17, 15) is 0 Å². The van der Waals surface area contributed by atoms with Crippen molar-refractivity contribution in [3.05, 3.63) is 11.8 Å². The van der Waals surface area contributed by atoms with Gasteiger partial charge in [-0.05, 0) is 6.92 Å². The van der Waals surface area contributed by atoms with Crippen LogP contribution in [-0.2, 0) is 0 Å². The minimum Gasteiger partial charge on any atom is -0.357 e. The number of rotatable bonds is 1. The van der Waals surface area contributed by atoms with Gasteiger partial charge in [-0.25, -0.2) is 0 Å². The lowest BCUT2D eigenvalue weighted by Gasteiger charge is -1.88. The maximum atomic E-state index is 4.75. The molecule has 0 saturated heterocycles. The molecule has 1 heterocycles. The van der Waals surface area contributed by atoms with Crippen molar-refractivity contribution in [1.29, 1.82) is 0 Å². The standard InChI is InChI=1S/C5H8N2O/c1-4-3-7-8-5(4)6-2/h3,6H,1-2H3. The monoisotopic (exact) mass is 112 g/mol. The van der Waals surface area contributed by atoms with E-state index in [1.54, 1.807) is 13.2 Å². The number of nitrogens with zero attached hydrogens (tertiary/aromatic N) is 1. The van der Waals surface area contributed by atoms with E-state index in [0.717, 1.165) is 11.4 Å². The first-order valence-corrected chi connectivity index (χ1v) is 2.43. The first-order chi connectivity index (χ1) is 3.84. The van der Waals surface area contributed by atoms with Gasteiger partial charge in [0.2, 0.25) is 5.88 Å². The van der Waals surface area contributed by atoms with Crippen LogP contribution in [0.2, 0.25) is 0 Å². The minimum atomic E-state index is 0.741. The summed E-state index contributed by atoms with van der Waals surface area (Å²) in [6.45, 7) is 1.93. The fourth-order valence-corrected chi connectivity index (χ4v) is 0.532. The molecular formula is C5H8N2O. The van der Waals surface area contributed by atoms with Gasteiger partial charge in [0, 0.05) is 12.6 Å². The van der Waals surface area contributed by atoms with Gasteiger partial charge in [-0.3, -0.25) is 0 Å². The smallest absolute Gasteiger partial charge is 0.227 e. The number of aromatic nitrogens is 1. The second kappa shape index (κ2) is 1.86. The van der Waals surface area contributed by atoms with Crippen molar-refractivity contribution in [2.75, 3.05) is 12.4 Å². The summed E-state index contributed by atoms with van der Waals surface area (Å²) in [7, 11) is 1.80. The number of anilines is 1. The minimum absolute atomic E-state index is 0.741. The summed E-state index contributed by atoms with van der Waals surface area (Å²) >= 11 is 0. The summed E-state index contributed by atoms with van der Waals surface area (Å²) in [5, 5.41) is 6.40. The summed E-state index contributed by atoms with van der Waals surface area (Å²) < 4.78 is 4.75. The lowest BCUT2D eigenvalue weighted by Crippen LogP contribution is -1.85. The van der Waals surface area contributed by atoms with Crippen LogP contribution in [0.1, 0.15) is 5.56 Å². The maximum absolute atomic E-state index is 4.75. The van der Waals surface area contributed by atoms with Gasteiger partial charge in [-0.15, -0.1) is 0 Å². The summed E-state index contributed by atoms with van der Waals surface area (Å²) in [4.78, 5) is 0. The number of aryl methyl sites for hydroxylation is 1. The Morgan fingerprint density at radius 3 is 2.75 bits per heavy atom. The molecule has 1 N–H and O–H groups in total. The zero-order valence-corrected chi connectivity index (χ0v) is 4.93. The zero-order chi connectivity index (χ0) is 5.98. The summed E-state index contributed by atoms with van der Waals surface area (Å²) in [5.41, 5.74) is 1.03. The fraction of sp³-hybridized carbons (Fsp3) is 0.400. The highest BCUT2D eigenvalue weighted by molar-refractivity contribution is 5.36. The highest BCUT2D eigenvalue weighted by Crippen LogP contribution is 2.09. The number of hydrogen-bond acceptors (Lipinski definition) is 3. The summed E-state index contributed by atoms with van der Waals surface area (Å²) in [5.74, 6) is 0.741. The molecule has 1 aromatic rings. The fourth-order valence-electron chi connectivity index (χ4n) is 0.532. The first-order valence-electron chi connectivity index (χ1n) is 2.43. The molecule has 0 fully saturated rings. The Bertz CT molecular complexity index is 171. The molecule has 1 aromatic heterocycles. The first kappa shape index (κ1) is 5.15. The Labute approximate surface area is 47.7 Å². The molecule has 3 heteroatoms. The molecule has 0 atom stereocenters. The SMILES string of the molecule is CNc1oncc1C. The van der Waals surface area contributed by atoms with Gasteiger partial charge >= 0.3 is 0 Å². The van der Waals surface area contributed by atoms with Gasteiger partial charge in [-0.1, -0.05) is 5.16 Å². The van der Waals surface area contributed by atoms with E-state index in [4.69, 9.17) is 4.52 Å². The maximum Gasteiger partial charge on any atom is 0.227 e. The largest absolute Gasteiger partial charge is 0.357 e. The average Bonchev–Trinajstić information content (AvgIpc) is 2.14. The Morgan fingerprint density at radius 2 is 2.50 bits per heavy atom. The van der Waals surface area contributed by atoms with E-state index < -0.39 is 0 Å². The number of nitrogens with one attached hydrogen (secondary N) is 1. The van der Waals surface area contributed by atoms with E-state index in [1.165, 1.54) is 0 Å². The van der Waals surface area contributed by atoms with Crippen molar-refractivity contribution in [2.24, 2.45) is 0 Å². The molecule has 0 spiro atoms. The zero-order valence-electron chi connectivity index (χ0n) is 4.93. The molecule has 0 aliphatic heterocycles. The Hall–Kier alpha value is -0.990. The molecule has 1 rings (SSSR count). The van der Waals surface area contributed by atoms with Gasteiger partial charge in [-0.2, -0.15) is 0 Å². The van der Waals surface area contributed by atoms with Crippen molar-refractivity contribution < 1.29 is 4.52 Å². The molecule has 3 nitrogen and oxygen atoms in total. The third-order valence-electron chi connectivity index (χ3n) is 0.976. The van der Waals surface area contributed by atoms with Crippen LogP contribution >= 0.6 is 0 Å². The molecule has 0 aromatic carbocycles. The molecule has 0 bridgehead atoms. The van der Waals surface area contributed by atoms with E-state index in [-0.39, 0.29) is 0 Å². The van der Waals surface area contributed by atoms with Crippen LogP contribution in [0.25, 0.3) is 0 Å². The van der Waals surface area contributed by atoms with Crippen LogP contribution in [-0.4, -0.2) is 12.2 Å². The van der Waals surface area contributed by atoms with Gasteiger partial charge in [0.05, 0.1) is 6.20 Å². The Balaban J connectivity index is 2.92. The third kappa shape index (κ3) is 0.665. The molecule has 8 heavy (non-hydrogen) atoms. The molecule has 0 radical (unpaired) electrons. The van der Waals surface area contributed by atoms with Gasteiger partial charge < -0.3 is 9.84 Å². The van der Waals surface area contributed by atoms with Crippen molar-refractivity contribution in [3.63, 3.8) is 0 Å². The highest BCUT2D eigenvalue weighted by atomic mass is 16.5. The van der Waals surface area contributed by atoms with Gasteiger partial charge in [0.1, 0.15) is 0 Å². The van der Waals surface area contributed by atoms with Crippen molar-refractivity contribution in [3.8, 4) is 0 Å². The predicted octanol–water partition coefficient (Wildman–Crippen LogP) is 1.02. The summed E-state index contributed by atoms with van der Waals surface area (Å²) in [6, 6.07) is 0. The quantitative estimate of drug-likeness (QED) is 0.589. The van der Waals surface area contributed by atoms with E-state index in [1.807, 2.05) is 6.92 Å². The van der Waals surface area contributed by atoms with Gasteiger partial charge in [0.25, 0.3) is 0 Å². The molecule has 0 amide bonds. The average molecular weight is 112 g/mol. The van der Waals surface area contributed by atoms with Crippen LogP contribution in [0.5, 0.6) is 0 Å². The molecule has 0 saturated carbocycles. The topological polar surface area (TPSA) is 38.1 Å². The molecule has 0 aliphatic carbocycles. The lowest BCUT2D eigenvalue weighted by molar-refractivity contribution is 0.433. The normalized spacial score (nSPS) is 9.25. The Kier molecular flexibility index (Phi) is 1.20. The molecule has 44 valence electrons. The van der Waals surface area contributed by atoms with Crippen molar-refractivity contribution >= 4 is 5.88 Å². The predicted molar refractivity (Wildman–Crippen MR) is 30.8 cm³/mol. The van der Waals surface area contributed by atoms with E-state index in [0.29, 0.717) is 0 Å². The molecular weight excluding hydrogens is 104 g/mol. The van der Waals surface area contributed by atoms with Gasteiger partial charge in [0.15, 0.2) is 0 Å². The van der Waals surface area contributed by atoms with E-state index >= 15 is 0 Å². The molecule has 0 aliphatic rings. The second-order valence-corrected chi connectivity index (χ2v) is 1.59. The highest BCUT2D eigenvalue weighted by Gasteiger charge is 1.96. The Morgan fingerprint density at radius 1 is 1.75 bits per heavy atom. The number of hydrogen-bond donors (Lipinski definition) is 1. The van der Waals surface area contributed by atoms with Crippen LogP contribution in [0.4, 0.5) is 5.88 Å². The third-order valence-corrected chi connectivity index (χ3v) is 0.976. The second-order valence-electron chi connectivity index (χ2n) is 1.59. The van der Waals surface area contributed by atoms with Crippen LogP contribution in [0.15, 0.2) is 10.7 Å². The van der Waals surface area contributed by atoms with Crippen molar-refractivity contribution in [1.82, 2.24) is 5.16 Å². The van der Waals surface area contributed by atoms with Crippen LogP contribution in [0, 0.1) is 6.92 Å². The molecule has 0 unspecified atom stereocenters. The van der Waals surface area contributed by atoms with Crippen LogP contribution < -0.4 is 5.32 Å². The lowest BCUT2D eigenvalue weighted by atomic mass is 10.4. The van der Waals surface area contributed by atoms with Crippen LogP contribution in [0.3, 0.4) is 0 Å². The van der Waals surface area contributed by atoms with E-state index in [2.05, 4.69) is 10.5 Å². The van der Waals surface area contributed by atoms with Crippen molar-refractivity contribution in [2.45, 2.75) is 6.92 Å².